The van der Waals surface area contributed by atoms with Crippen molar-refractivity contribution in [1.29, 1.82) is 0 Å². The van der Waals surface area contributed by atoms with Gasteiger partial charge in [-0.15, -0.1) is 0 Å². The maximum atomic E-state index is 13.1. The molecule has 1 aliphatic rings. The molecule has 0 bridgehead atoms. The smallest absolute Gasteiger partial charge is 0.259 e. The highest BCUT2D eigenvalue weighted by atomic mass is 16.5. The van der Waals surface area contributed by atoms with Crippen molar-refractivity contribution in [2.45, 2.75) is 39.2 Å². The molecule has 0 saturated carbocycles. The van der Waals surface area contributed by atoms with E-state index in [4.69, 9.17) is 4.52 Å². The van der Waals surface area contributed by atoms with Crippen LogP contribution in [0.4, 0.5) is 0 Å². The van der Waals surface area contributed by atoms with E-state index in [0.717, 1.165) is 19.3 Å². The minimum atomic E-state index is -0.190. The second-order valence-electron chi connectivity index (χ2n) is 6.39. The lowest BCUT2D eigenvalue weighted by atomic mass is 9.97. The van der Waals surface area contributed by atoms with Crippen LogP contribution in [-0.2, 0) is 0 Å². The van der Waals surface area contributed by atoms with Crippen LogP contribution in [-0.4, -0.2) is 36.9 Å². The molecule has 3 aromatic heterocycles. The predicted molar refractivity (Wildman–Crippen MR) is 89.4 cm³/mol. The van der Waals surface area contributed by atoms with E-state index in [-0.39, 0.29) is 17.5 Å². The Bertz CT molecular complexity index is 980. The minimum Gasteiger partial charge on any atom is -0.361 e. The summed E-state index contributed by atoms with van der Waals surface area (Å²) in [5, 5.41) is 3.88. The average Bonchev–Trinajstić information content (AvgIpc) is 3.21. The summed E-state index contributed by atoms with van der Waals surface area (Å²) in [6.45, 7) is 4.14. The number of carbonyl (C=O) groups is 1. The van der Waals surface area contributed by atoms with Crippen molar-refractivity contribution in [3.63, 3.8) is 0 Å². The second kappa shape index (κ2) is 5.87. The van der Waals surface area contributed by atoms with Gasteiger partial charge in [-0.25, -0.2) is 4.98 Å². The first-order valence-corrected chi connectivity index (χ1v) is 8.36. The molecule has 3 aromatic rings. The standard InChI is InChI=1S/C17H19N5O3/c1-10-15(11(2)25-20-10)16(24)21-7-4-3-5-13(21)12-9-14(23)22-8-6-18-17(22)19-12/h6,8-9,13H,3-5,7H2,1-2H3,(H,18,19)/t13-/m0/s1. The number of aromatic amines is 1. The molecule has 1 N–H and O–H groups in total. The molecule has 8 heteroatoms. The lowest BCUT2D eigenvalue weighted by molar-refractivity contribution is 0.0603. The Hall–Kier alpha value is -2.90. The summed E-state index contributed by atoms with van der Waals surface area (Å²) < 4.78 is 6.60. The fraction of sp³-hybridized carbons (Fsp3) is 0.412. The Labute approximate surface area is 143 Å². The fourth-order valence-corrected chi connectivity index (χ4v) is 3.55. The molecule has 130 valence electrons. The Morgan fingerprint density at radius 1 is 1.36 bits per heavy atom. The number of likely N-dealkylation sites (tertiary alicyclic amines) is 1. The number of H-pyrrole nitrogens is 1. The Balaban J connectivity index is 1.76. The number of aromatic nitrogens is 4. The number of rotatable bonds is 2. The zero-order valence-electron chi connectivity index (χ0n) is 14.2. The van der Waals surface area contributed by atoms with Crippen molar-refractivity contribution in [3.8, 4) is 0 Å². The van der Waals surface area contributed by atoms with Gasteiger partial charge in [-0.05, 0) is 33.1 Å². The van der Waals surface area contributed by atoms with Gasteiger partial charge in [0.2, 0.25) is 5.78 Å². The number of fused-ring (bicyclic) bond motifs is 1. The van der Waals surface area contributed by atoms with Crippen LogP contribution in [0, 0.1) is 13.8 Å². The van der Waals surface area contributed by atoms with E-state index < -0.39 is 0 Å². The van der Waals surface area contributed by atoms with Crippen molar-refractivity contribution in [1.82, 2.24) is 24.4 Å². The van der Waals surface area contributed by atoms with E-state index in [9.17, 15) is 9.59 Å². The third kappa shape index (κ3) is 2.54. The van der Waals surface area contributed by atoms with Crippen LogP contribution in [0.2, 0.25) is 0 Å². The number of imidazole rings is 1. The molecule has 1 saturated heterocycles. The normalized spacial score (nSPS) is 18.0. The van der Waals surface area contributed by atoms with Crippen LogP contribution in [0.15, 0.2) is 27.8 Å². The summed E-state index contributed by atoms with van der Waals surface area (Å²) in [5.74, 6) is 0.895. The highest BCUT2D eigenvalue weighted by Gasteiger charge is 2.32. The van der Waals surface area contributed by atoms with Crippen LogP contribution < -0.4 is 5.56 Å². The minimum absolute atomic E-state index is 0.106. The maximum absolute atomic E-state index is 13.1. The van der Waals surface area contributed by atoms with Gasteiger partial charge in [0.25, 0.3) is 11.5 Å². The number of hydrogen-bond donors (Lipinski definition) is 1. The average molecular weight is 341 g/mol. The number of hydrogen-bond acceptors (Lipinski definition) is 5. The quantitative estimate of drug-likeness (QED) is 0.769. The zero-order chi connectivity index (χ0) is 17.6. The number of amides is 1. The van der Waals surface area contributed by atoms with Gasteiger partial charge >= 0.3 is 0 Å². The fourth-order valence-electron chi connectivity index (χ4n) is 3.55. The van der Waals surface area contributed by atoms with E-state index in [1.54, 1.807) is 37.2 Å². The van der Waals surface area contributed by atoms with Gasteiger partial charge < -0.3 is 14.4 Å². The molecule has 25 heavy (non-hydrogen) atoms. The summed E-state index contributed by atoms with van der Waals surface area (Å²) in [6.07, 6.45) is 5.91. The topological polar surface area (TPSA) is 96.5 Å². The molecule has 8 nitrogen and oxygen atoms in total. The molecule has 4 rings (SSSR count). The summed E-state index contributed by atoms with van der Waals surface area (Å²) in [4.78, 5) is 34.6. The number of nitrogens with zero attached hydrogens (tertiary/aromatic N) is 4. The molecular formula is C17H19N5O3. The summed E-state index contributed by atoms with van der Waals surface area (Å²) in [7, 11) is 0. The van der Waals surface area contributed by atoms with Gasteiger partial charge in [-0.2, -0.15) is 0 Å². The Morgan fingerprint density at radius 2 is 2.20 bits per heavy atom. The third-order valence-electron chi connectivity index (χ3n) is 4.78. The van der Waals surface area contributed by atoms with Crippen LogP contribution in [0.5, 0.6) is 0 Å². The van der Waals surface area contributed by atoms with Gasteiger partial charge in [-0.3, -0.25) is 14.0 Å². The number of carbonyl (C=O) groups excluding carboxylic acids is 1. The van der Waals surface area contributed by atoms with Crippen molar-refractivity contribution in [2.75, 3.05) is 6.54 Å². The molecule has 0 aromatic carbocycles. The monoisotopic (exact) mass is 341 g/mol. The molecule has 1 aliphatic heterocycles. The lowest BCUT2D eigenvalue weighted by Gasteiger charge is -2.35. The Kier molecular flexibility index (Phi) is 3.67. The molecule has 0 radical (unpaired) electrons. The van der Waals surface area contributed by atoms with Gasteiger partial charge in [-0.1, -0.05) is 5.16 Å². The van der Waals surface area contributed by atoms with Crippen molar-refractivity contribution < 1.29 is 9.32 Å². The predicted octanol–water partition coefficient (Wildman–Crippen LogP) is 1.99. The Morgan fingerprint density at radius 3 is 2.96 bits per heavy atom. The second-order valence-corrected chi connectivity index (χ2v) is 6.39. The number of aryl methyl sites for hydroxylation is 2. The van der Waals surface area contributed by atoms with Gasteiger partial charge in [0.1, 0.15) is 11.3 Å². The van der Waals surface area contributed by atoms with Crippen LogP contribution in [0.1, 0.15) is 52.8 Å². The highest BCUT2D eigenvalue weighted by molar-refractivity contribution is 5.96. The first kappa shape index (κ1) is 15.6. The summed E-state index contributed by atoms with van der Waals surface area (Å²) >= 11 is 0. The third-order valence-corrected chi connectivity index (χ3v) is 4.78. The van der Waals surface area contributed by atoms with Crippen molar-refractivity contribution in [3.05, 3.63) is 51.5 Å². The molecule has 0 aliphatic carbocycles. The SMILES string of the molecule is Cc1noc(C)c1C(=O)N1CCCC[C@H]1c1cc(=O)n2ccnc2[nH]1. The van der Waals surface area contributed by atoms with Crippen LogP contribution in [0.3, 0.4) is 0 Å². The molecule has 0 unspecified atom stereocenters. The van der Waals surface area contributed by atoms with Gasteiger partial charge in [0, 0.05) is 30.7 Å². The maximum Gasteiger partial charge on any atom is 0.259 e. The van der Waals surface area contributed by atoms with E-state index >= 15 is 0 Å². The van der Waals surface area contributed by atoms with E-state index in [1.165, 1.54) is 4.40 Å². The first-order valence-electron chi connectivity index (χ1n) is 8.36. The molecule has 1 fully saturated rings. The summed E-state index contributed by atoms with van der Waals surface area (Å²) in [6, 6.07) is 1.36. The van der Waals surface area contributed by atoms with Crippen LogP contribution in [0.25, 0.3) is 5.78 Å². The summed E-state index contributed by atoms with van der Waals surface area (Å²) in [5.41, 5.74) is 1.65. The largest absolute Gasteiger partial charge is 0.361 e. The number of piperidine rings is 1. The van der Waals surface area contributed by atoms with Gasteiger partial charge in [0.05, 0.1) is 11.7 Å². The van der Waals surface area contributed by atoms with Crippen molar-refractivity contribution in [2.24, 2.45) is 0 Å². The first-order chi connectivity index (χ1) is 12.1. The van der Waals surface area contributed by atoms with E-state index in [0.29, 0.717) is 35.0 Å². The molecule has 0 spiro atoms. The molecule has 1 amide bonds. The zero-order valence-corrected chi connectivity index (χ0v) is 14.2. The molecule has 4 heterocycles. The number of nitrogens with one attached hydrogen (secondary N) is 1. The van der Waals surface area contributed by atoms with E-state index in [2.05, 4.69) is 15.1 Å². The van der Waals surface area contributed by atoms with Crippen molar-refractivity contribution >= 4 is 11.7 Å². The molecule has 1 atom stereocenters. The van der Waals surface area contributed by atoms with E-state index in [1.807, 2.05) is 0 Å². The highest BCUT2D eigenvalue weighted by Crippen LogP contribution is 2.31. The van der Waals surface area contributed by atoms with Gasteiger partial charge in [0.15, 0.2) is 0 Å². The van der Waals surface area contributed by atoms with Crippen LogP contribution >= 0.6 is 0 Å². The molecular weight excluding hydrogens is 322 g/mol. The lowest BCUT2D eigenvalue weighted by Crippen LogP contribution is -2.39.